The summed E-state index contributed by atoms with van der Waals surface area (Å²) >= 11 is 1.71. The van der Waals surface area contributed by atoms with Crippen molar-refractivity contribution in [3.05, 3.63) is 45.1 Å². The summed E-state index contributed by atoms with van der Waals surface area (Å²) < 4.78 is 0. The van der Waals surface area contributed by atoms with Crippen molar-refractivity contribution in [3.8, 4) is 0 Å². The highest BCUT2D eigenvalue weighted by molar-refractivity contribution is 7.10. The molecular formula is C15H18N2O2S. The number of benzene rings is 1. The minimum Gasteiger partial charge on any atom is -0.478 e. The number of nitrogens with two attached hydrogens (primary N) is 1. The molecule has 4 nitrogen and oxygen atoms in total. The van der Waals surface area contributed by atoms with E-state index in [2.05, 4.69) is 23.7 Å². The van der Waals surface area contributed by atoms with Crippen LogP contribution in [-0.4, -0.2) is 11.1 Å². The molecule has 0 saturated heterocycles. The molecule has 2 aromatic rings. The van der Waals surface area contributed by atoms with E-state index < -0.39 is 5.97 Å². The SMILES string of the molecule is CCc1ccsc1CNc1cc(C)c(N)c(C(=O)O)c1. The van der Waals surface area contributed by atoms with Gasteiger partial charge in [-0.05, 0) is 48.1 Å². The monoisotopic (exact) mass is 290 g/mol. The zero-order valence-electron chi connectivity index (χ0n) is 11.6. The van der Waals surface area contributed by atoms with E-state index in [0.717, 1.165) is 17.7 Å². The third kappa shape index (κ3) is 2.93. The molecule has 5 heteroatoms. The van der Waals surface area contributed by atoms with E-state index in [-0.39, 0.29) is 5.56 Å². The molecule has 106 valence electrons. The summed E-state index contributed by atoms with van der Waals surface area (Å²) in [4.78, 5) is 12.4. The average Bonchev–Trinajstić information content (AvgIpc) is 2.87. The first kappa shape index (κ1) is 14.4. The molecule has 1 aromatic carbocycles. The first-order valence-corrected chi connectivity index (χ1v) is 7.33. The minimum atomic E-state index is -1.00. The number of carboxylic acid groups (broad SMARTS) is 1. The Morgan fingerprint density at radius 3 is 2.85 bits per heavy atom. The van der Waals surface area contributed by atoms with Crippen molar-refractivity contribution in [2.75, 3.05) is 11.1 Å². The highest BCUT2D eigenvalue weighted by atomic mass is 32.1. The lowest BCUT2D eigenvalue weighted by molar-refractivity contribution is 0.0698. The molecule has 0 amide bonds. The molecule has 4 N–H and O–H groups in total. The van der Waals surface area contributed by atoms with Gasteiger partial charge in [0, 0.05) is 22.8 Å². The predicted octanol–water partition coefficient (Wildman–Crippen LogP) is 3.51. The minimum absolute atomic E-state index is 0.148. The van der Waals surface area contributed by atoms with Crippen LogP contribution in [0, 0.1) is 6.92 Å². The fraction of sp³-hybridized carbons (Fsp3) is 0.267. The van der Waals surface area contributed by atoms with Gasteiger partial charge in [0.2, 0.25) is 0 Å². The molecule has 0 bridgehead atoms. The maximum atomic E-state index is 11.2. The zero-order chi connectivity index (χ0) is 14.7. The fourth-order valence-corrected chi connectivity index (χ4v) is 3.01. The van der Waals surface area contributed by atoms with Crippen LogP contribution in [0.5, 0.6) is 0 Å². The molecule has 1 heterocycles. The maximum absolute atomic E-state index is 11.2. The molecule has 0 spiro atoms. The van der Waals surface area contributed by atoms with Gasteiger partial charge in [-0.2, -0.15) is 0 Å². The van der Waals surface area contributed by atoms with Crippen LogP contribution in [0.1, 0.15) is 33.3 Å². The van der Waals surface area contributed by atoms with Crippen LogP contribution >= 0.6 is 11.3 Å². The number of hydrogen-bond donors (Lipinski definition) is 3. The number of nitrogens with one attached hydrogen (secondary N) is 1. The fourth-order valence-electron chi connectivity index (χ4n) is 2.10. The Morgan fingerprint density at radius 1 is 1.45 bits per heavy atom. The topological polar surface area (TPSA) is 75.3 Å². The lowest BCUT2D eigenvalue weighted by atomic mass is 10.1. The van der Waals surface area contributed by atoms with Gasteiger partial charge in [0.05, 0.1) is 5.56 Å². The second-order valence-electron chi connectivity index (χ2n) is 4.64. The van der Waals surface area contributed by atoms with Gasteiger partial charge in [-0.1, -0.05) is 6.92 Å². The van der Waals surface area contributed by atoms with E-state index in [0.29, 0.717) is 12.2 Å². The number of nitrogen functional groups attached to an aromatic ring is 1. The summed E-state index contributed by atoms with van der Waals surface area (Å²) in [5.74, 6) is -1.00. The molecule has 0 aliphatic carbocycles. The Morgan fingerprint density at radius 2 is 2.20 bits per heavy atom. The summed E-state index contributed by atoms with van der Waals surface area (Å²) in [6.45, 7) is 4.64. The summed E-state index contributed by atoms with van der Waals surface area (Å²) in [7, 11) is 0. The van der Waals surface area contributed by atoms with Gasteiger partial charge in [0.25, 0.3) is 0 Å². The quantitative estimate of drug-likeness (QED) is 0.737. The van der Waals surface area contributed by atoms with E-state index in [1.807, 2.05) is 13.0 Å². The van der Waals surface area contributed by atoms with Gasteiger partial charge >= 0.3 is 5.97 Å². The highest BCUT2D eigenvalue weighted by Gasteiger charge is 2.12. The Hall–Kier alpha value is -2.01. The van der Waals surface area contributed by atoms with Crippen molar-refractivity contribution >= 4 is 28.7 Å². The largest absolute Gasteiger partial charge is 0.478 e. The molecule has 0 radical (unpaired) electrons. The smallest absolute Gasteiger partial charge is 0.337 e. The van der Waals surface area contributed by atoms with Crippen LogP contribution in [0.15, 0.2) is 23.6 Å². The predicted molar refractivity (Wildman–Crippen MR) is 83.6 cm³/mol. The van der Waals surface area contributed by atoms with Gasteiger partial charge in [-0.3, -0.25) is 0 Å². The van der Waals surface area contributed by atoms with Crippen LogP contribution in [0.25, 0.3) is 0 Å². The lowest BCUT2D eigenvalue weighted by Crippen LogP contribution is -2.07. The van der Waals surface area contributed by atoms with E-state index in [9.17, 15) is 4.79 Å². The molecule has 0 aliphatic heterocycles. The van der Waals surface area contributed by atoms with Gasteiger partial charge in [-0.15, -0.1) is 11.3 Å². The number of anilines is 2. The van der Waals surface area contributed by atoms with E-state index >= 15 is 0 Å². The number of aryl methyl sites for hydroxylation is 2. The highest BCUT2D eigenvalue weighted by Crippen LogP contribution is 2.24. The molecule has 1 aromatic heterocycles. The number of aromatic carboxylic acids is 1. The van der Waals surface area contributed by atoms with Crippen LogP contribution < -0.4 is 11.1 Å². The van der Waals surface area contributed by atoms with Crippen molar-refractivity contribution in [3.63, 3.8) is 0 Å². The Kier molecular flexibility index (Phi) is 4.29. The third-order valence-electron chi connectivity index (χ3n) is 3.29. The second kappa shape index (κ2) is 5.96. The summed E-state index contributed by atoms with van der Waals surface area (Å²) in [5.41, 5.74) is 9.14. The van der Waals surface area contributed by atoms with Crippen LogP contribution in [0.2, 0.25) is 0 Å². The first-order valence-electron chi connectivity index (χ1n) is 6.45. The molecule has 20 heavy (non-hydrogen) atoms. The van der Waals surface area contributed by atoms with Crippen LogP contribution in [-0.2, 0) is 13.0 Å². The summed E-state index contributed by atoms with van der Waals surface area (Å²) in [6.07, 6.45) is 1.00. The Balaban J connectivity index is 2.20. The van der Waals surface area contributed by atoms with Crippen LogP contribution in [0.3, 0.4) is 0 Å². The normalized spacial score (nSPS) is 10.5. The lowest BCUT2D eigenvalue weighted by Gasteiger charge is -2.11. The Labute approximate surface area is 122 Å². The zero-order valence-corrected chi connectivity index (χ0v) is 12.4. The van der Waals surface area contributed by atoms with E-state index in [4.69, 9.17) is 10.8 Å². The number of thiophene rings is 1. The second-order valence-corrected chi connectivity index (χ2v) is 5.64. The molecule has 2 rings (SSSR count). The molecule has 0 unspecified atom stereocenters. The molecule has 0 atom stereocenters. The number of hydrogen-bond acceptors (Lipinski definition) is 4. The average molecular weight is 290 g/mol. The molecule has 0 saturated carbocycles. The first-order chi connectivity index (χ1) is 9.52. The van der Waals surface area contributed by atoms with E-state index in [1.54, 1.807) is 17.4 Å². The van der Waals surface area contributed by atoms with Crippen molar-refractivity contribution in [2.24, 2.45) is 0 Å². The van der Waals surface area contributed by atoms with Crippen molar-refractivity contribution in [2.45, 2.75) is 26.8 Å². The Bertz CT molecular complexity index is 635. The third-order valence-corrected chi connectivity index (χ3v) is 4.25. The van der Waals surface area contributed by atoms with E-state index in [1.165, 1.54) is 10.4 Å². The maximum Gasteiger partial charge on any atom is 0.337 e. The summed E-state index contributed by atoms with van der Waals surface area (Å²) in [6, 6.07) is 5.59. The number of rotatable bonds is 5. The van der Waals surface area contributed by atoms with Crippen LogP contribution in [0.4, 0.5) is 11.4 Å². The van der Waals surface area contributed by atoms with Gasteiger partial charge in [0.1, 0.15) is 0 Å². The molecular weight excluding hydrogens is 272 g/mol. The van der Waals surface area contributed by atoms with Crippen molar-refractivity contribution < 1.29 is 9.90 Å². The van der Waals surface area contributed by atoms with Gasteiger partial charge in [-0.25, -0.2) is 4.79 Å². The van der Waals surface area contributed by atoms with Crippen molar-refractivity contribution in [1.82, 2.24) is 0 Å². The van der Waals surface area contributed by atoms with Gasteiger partial charge in [0.15, 0.2) is 0 Å². The van der Waals surface area contributed by atoms with Crippen molar-refractivity contribution in [1.29, 1.82) is 0 Å². The van der Waals surface area contributed by atoms with Gasteiger partial charge < -0.3 is 16.2 Å². The molecule has 0 fully saturated rings. The summed E-state index contributed by atoms with van der Waals surface area (Å²) in [5, 5.41) is 14.5. The number of carboxylic acids is 1. The number of carbonyl (C=O) groups is 1. The molecule has 0 aliphatic rings. The standard InChI is InChI=1S/C15H18N2O2S/c1-3-10-4-5-20-13(10)8-17-11-6-9(2)14(16)12(7-11)15(18)19/h4-7,17H,3,8,16H2,1-2H3,(H,18,19).